The van der Waals surface area contributed by atoms with Gasteiger partial charge in [-0.3, -0.25) is 0 Å². The molecule has 0 atom stereocenters. The first kappa shape index (κ1) is 11.2. The van der Waals surface area contributed by atoms with Gasteiger partial charge in [0.15, 0.2) is 11.3 Å². The Morgan fingerprint density at radius 1 is 1.26 bits per heavy atom. The van der Waals surface area contributed by atoms with Crippen molar-refractivity contribution in [3.63, 3.8) is 0 Å². The van der Waals surface area contributed by atoms with E-state index in [-0.39, 0.29) is 0 Å². The van der Waals surface area contributed by atoms with E-state index in [9.17, 15) is 0 Å². The lowest BCUT2D eigenvalue weighted by Gasteiger charge is -1.97. The van der Waals surface area contributed by atoms with Crippen molar-refractivity contribution in [2.75, 3.05) is 12.4 Å². The molecule has 2 heterocycles. The van der Waals surface area contributed by atoms with Gasteiger partial charge in [0.1, 0.15) is 5.82 Å². The molecule has 0 saturated heterocycles. The normalized spacial score (nSPS) is 10.3. The van der Waals surface area contributed by atoms with Gasteiger partial charge in [-0.15, -0.1) is 5.10 Å². The van der Waals surface area contributed by atoms with Gasteiger partial charge in [0.2, 0.25) is 0 Å². The molecule has 0 fully saturated rings. The SMILES string of the molecule is [C-]#[N+]c1cccc(-c2cn3nc(NC)ccc3n2)c1. The molecule has 1 N–H and O–H groups in total. The van der Waals surface area contributed by atoms with Crippen LogP contribution in [0.1, 0.15) is 0 Å². The minimum absolute atomic E-state index is 0.610. The third-order valence-corrected chi connectivity index (χ3v) is 2.85. The number of fused-ring (bicyclic) bond motifs is 1. The summed E-state index contributed by atoms with van der Waals surface area (Å²) < 4.78 is 1.73. The van der Waals surface area contributed by atoms with E-state index in [1.807, 2.05) is 43.6 Å². The Labute approximate surface area is 110 Å². The van der Waals surface area contributed by atoms with Crippen LogP contribution in [0.3, 0.4) is 0 Å². The molecule has 1 aromatic carbocycles. The van der Waals surface area contributed by atoms with Crippen LogP contribution in [-0.4, -0.2) is 21.6 Å². The van der Waals surface area contributed by atoms with E-state index >= 15 is 0 Å². The standard InChI is InChI=1S/C14H11N5/c1-15-11-5-3-4-10(8-11)12-9-19-14(17-12)7-6-13(16-2)18-19/h3-9H,2H3,(H,16,18). The minimum atomic E-state index is 0.610. The summed E-state index contributed by atoms with van der Waals surface area (Å²) in [4.78, 5) is 7.93. The summed E-state index contributed by atoms with van der Waals surface area (Å²) in [5.41, 5.74) is 3.12. The van der Waals surface area contributed by atoms with Gasteiger partial charge in [0.25, 0.3) is 0 Å². The van der Waals surface area contributed by atoms with Gasteiger partial charge in [-0.2, -0.15) is 0 Å². The molecule has 0 aliphatic heterocycles. The van der Waals surface area contributed by atoms with Gasteiger partial charge in [0.05, 0.1) is 18.5 Å². The topological polar surface area (TPSA) is 46.6 Å². The lowest BCUT2D eigenvalue weighted by molar-refractivity contribution is 0.939. The maximum atomic E-state index is 7.04. The van der Waals surface area contributed by atoms with Gasteiger partial charge >= 0.3 is 0 Å². The molecular formula is C14H11N5. The fraction of sp³-hybridized carbons (Fsp3) is 0.0714. The minimum Gasteiger partial charge on any atom is -0.372 e. The van der Waals surface area contributed by atoms with E-state index in [4.69, 9.17) is 6.57 Å². The van der Waals surface area contributed by atoms with E-state index in [0.29, 0.717) is 5.69 Å². The fourth-order valence-electron chi connectivity index (χ4n) is 1.89. The van der Waals surface area contributed by atoms with Crippen LogP contribution in [0.15, 0.2) is 42.6 Å². The number of hydrogen-bond donors (Lipinski definition) is 1. The molecule has 0 unspecified atom stereocenters. The molecule has 0 aliphatic carbocycles. The van der Waals surface area contributed by atoms with Crippen molar-refractivity contribution < 1.29 is 0 Å². The molecule has 2 aromatic heterocycles. The summed E-state index contributed by atoms with van der Waals surface area (Å²) in [6, 6.07) is 11.2. The molecule has 19 heavy (non-hydrogen) atoms. The van der Waals surface area contributed by atoms with Crippen molar-refractivity contribution >= 4 is 17.2 Å². The predicted octanol–water partition coefficient (Wildman–Crippen LogP) is 2.99. The summed E-state index contributed by atoms with van der Waals surface area (Å²) >= 11 is 0. The largest absolute Gasteiger partial charge is 0.372 e. The zero-order chi connectivity index (χ0) is 13.2. The number of aromatic nitrogens is 3. The van der Waals surface area contributed by atoms with E-state index in [1.165, 1.54) is 0 Å². The molecule has 3 rings (SSSR count). The molecular weight excluding hydrogens is 238 g/mol. The summed E-state index contributed by atoms with van der Waals surface area (Å²) in [6.07, 6.45) is 1.86. The number of imidazole rings is 1. The summed E-state index contributed by atoms with van der Waals surface area (Å²) in [7, 11) is 1.82. The van der Waals surface area contributed by atoms with Crippen LogP contribution in [0, 0.1) is 6.57 Å². The number of hydrogen-bond acceptors (Lipinski definition) is 3. The van der Waals surface area contributed by atoms with E-state index in [2.05, 4.69) is 20.2 Å². The average molecular weight is 249 g/mol. The van der Waals surface area contributed by atoms with Crippen LogP contribution >= 0.6 is 0 Å². The van der Waals surface area contributed by atoms with Gasteiger partial charge in [0, 0.05) is 7.05 Å². The van der Waals surface area contributed by atoms with Crippen molar-refractivity contribution in [1.29, 1.82) is 0 Å². The molecule has 3 aromatic rings. The Morgan fingerprint density at radius 3 is 2.95 bits per heavy atom. The summed E-state index contributed by atoms with van der Waals surface area (Å²) in [6.45, 7) is 7.04. The number of nitrogens with zero attached hydrogens (tertiary/aromatic N) is 4. The smallest absolute Gasteiger partial charge is 0.187 e. The fourth-order valence-corrected chi connectivity index (χ4v) is 1.89. The van der Waals surface area contributed by atoms with E-state index in [0.717, 1.165) is 22.7 Å². The van der Waals surface area contributed by atoms with Crippen molar-refractivity contribution in [3.8, 4) is 11.3 Å². The Kier molecular flexibility index (Phi) is 2.62. The Bertz CT molecular complexity index is 782. The van der Waals surface area contributed by atoms with Crippen molar-refractivity contribution in [2.45, 2.75) is 0 Å². The zero-order valence-electron chi connectivity index (χ0n) is 10.3. The summed E-state index contributed by atoms with van der Waals surface area (Å²) in [5, 5.41) is 7.35. The highest BCUT2D eigenvalue weighted by Gasteiger charge is 2.06. The van der Waals surface area contributed by atoms with Crippen molar-refractivity contribution in [3.05, 3.63) is 54.0 Å². The van der Waals surface area contributed by atoms with Crippen LogP contribution < -0.4 is 5.32 Å². The second-order valence-electron chi connectivity index (χ2n) is 4.06. The number of anilines is 1. The van der Waals surface area contributed by atoms with Crippen molar-refractivity contribution in [1.82, 2.24) is 14.6 Å². The quantitative estimate of drug-likeness (QED) is 0.710. The first-order valence-electron chi connectivity index (χ1n) is 5.82. The van der Waals surface area contributed by atoms with Gasteiger partial charge < -0.3 is 5.32 Å². The average Bonchev–Trinajstić information content (AvgIpc) is 2.90. The molecule has 5 nitrogen and oxygen atoms in total. The molecule has 5 heteroatoms. The first-order valence-corrected chi connectivity index (χ1v) is 5.82. The van der Waals surface area contributed by atoms with Crippen LogP contribution in [0.25, 0.3) is 21.7 Å². The molecule has 0 saturated carbocycles. The molecule has 0 amide bonds. The number of rotatable bonds is 2. The van der Waals surface area contributed by atoms with Crippen LogP contribution in [-0.2, 0) is 0 Å². The van der Waals surface area contributed by atoms with Gasteiger partial charge in [-0.1, -0.05) is 18.2 Å². The number of nitrogens with one attached hydrogen (secondary N) is 1. The second kappa shape index (κ2) is 4.42. The molecule has 0 bridgehead atoms. The van der Waals surface area contributed by atoms with E-state index < -0.39 is 0 Å². The number of benzene rings is 1. The van der Waals surface area contributed by atoms with Crippen LogP contribution in [0.5, 0.6) is 0 Å². The zero-order valence-corrected chi connectivity index (χ0v) is 10.3. The third kappa shape index (κ3) is 2.00. The van der Waals surface area contributed by atoms with Crippen LogP contribution in [0.2, 0.25) is 0 Å². The first-order chi connectivity index (χ1) is 9.30. The molecule has 0 aliphatic rings. The summed E-state index contributed by atoms with van der Waals surface area (Å²) in [5.74, 6) is 0.784. The van der Waals surface area contributed by atoms with Gasteiger partial charge in [-0.25, -0.2) is 14.3 Å². The molecule has 0 radical (unpaired) electrons. The second-order valence-corrected chi connectivity index (χ2v) is 4.06. The third-order valence-electron chi connectivity index (χ3n) is 2.85. The predicted molar refractivity (Wildman–Crippen MR) is 74.2 cm³/mol. The lowest BCUT2D eigenvalue weighted by atomic mass is 10.1. The molecule has 0 spiro atoms. The molecule has 92 valence electrons. The highest BCUT2D eigenvalue weighted by atomic mass is 15.3. The monoisotopic (exact) mass is 249 g/mol. The maximum absolute atomic E-state index is 7.04. The van der Waals surface area contributed by atoms with Crippen LogP contribution in [0.4, 0.5) is 11.5 Å². The Morgan fingerprint density at radius 2 is 2.16 bits per heavy atom. The highest BCUT2D eigenvalue weighted by Crippen LogP contribution is 2.23. The lowest BCUT2D eigenvalue weighted by Crippen LogP contribution is -1.96. The Balaban J connectivity index is 2.12. The Hall–Kier alpha value is -2.87. The van der Waals surface area contributed by atoms with Gasteiger partial charge in [-0.05, 0) is 23.8 Å². The van der Waals surface area contributed by atoms with Crippen molar-refractivity contribution in [2.24, 2.45) is 0 Å². The maximum Gasteiger partial charge on any atom is 0.187 e. The highest BCUT2D eigenvalue weighted by molar-refractivity contribution is 5.67. The van der Waals surface area contributed by atoms with E-state index in [1.54, 1.807) is 10.6 Å².